The summed E-state index contributed by atoms with van der Waals surface area (Å²) in [5.41, 5.74) is 0.668. The molecule has 1 aromatic heterocycles. The number of aromatic carboxylic acids is 1. The van der Waals surface area contributed by atoms with Gasteiger partial charge in [0.2, 0.25) is 0 Å². The summed E-state index contributed by atoms with van der Waals surface area (Å²) >= 11 is 6.11. The smallest absolute Gasteiger partial charge is 0.375 e. The van der Waals surface area contributed by atoms with Gasteiger partial charge in [-0.1, -0.05) is 23.7 Å². The van der Waals surface area contributed by atoms with Crippen LogP contribution in [0.25, 0.3) is 5.69 Å². The lowest BCUT2D eigenvalue weighted by Crippen LogP contribution is -2.03. The largest absolute Gasteiger partial charge is 0.475 e. The van der Waals surface area contributed by atoms with Crippen molar-refractivity contribution in [2.24, 2.45) is 0 Å². The van der Waals surface area contributed by atoms with Crippen molar-refractivity contribution in [1.29, 1.82) is 0 Å². The molecule has 1 aliphatic rings. The minimum Gasteiger partial charge on any atom is -0.475 e. The topological polar surface area (TPSA) is 68.0 Å². The quantitative estimate of drug-likeness (QED) is 0.924. The fraction of sp³-hybridized carbons (Fsp3) is 0.250. The molecule has 1 aliphatic carbocycles. The monoisotopic (exact) mass is 263 g/mol. The van der Waals surface area contributed by atoms with E-state index in [0.29, 0.717) is 22.5 Å². The lowest BCUT2D eigenvalue weighted by molar-refractivity contribution is 0.0683. The first kappa shape index (κ1) is 11.2. The predicted octanol–water partition coefficient (Wildman–Crippen LogP) is 2.50. The molecule has 0 saturated heterocycles. The van der Waals surface area contributed by atoms with Crippen LogP contribution in [0.3, 0.4) is 0 Å². The summed E-state index contributed by atoms with van der Waals surface area (Å²) in [5, 5.41) is 13.5. The number of para-hydroxylation sites is 1. The van der Waals surface area contributed by atoms with Crippen LogP contribution < -0.4 is 0 Å². The van der Waals surface area contributed by atoms with Crippen LogP contribution in [0.2, 0.25) is 5.02 Å². The molecule has 0 amide bonds. The fourth-order valence-electron chi connectivity index (χ4n) is 1.82. The minimum absolute atomic E-state index is 0.184. The Labute approximate surface area is 108 Å². The number of hydrogen-bond donors (Lipinski definition) is 1. The van der Waals surface area contributed by atoms with Gasteiger partial charge < -0.3 is 5.11 Å². The molecule has 1 fully saturated rings. The molecule has 1 heterocycles. The third-order valence-corrected chi connectivity index (χ3v) is 3.17. The molecular formula is C12H10ClN3O2. The van der Waals surface area contributed by atoms with Gasteiger partial charge in [0.25, 0.3) is 5.82 Å². The SMILES string of the molecule is O=C(O)c1nc(C2CC2)n(-c2ccccc2Cl)n1. The van der Waals surface area contributed by atoms with Crippen LogP contribution in [0.4, 0.5) is 0 Å². The molecule has 1 saturated carbocycles. The molecule has 92 valence electrons. The van der Waals surface area contributed by atoms with Crippen LogP contribution >= 0.6 is 11.6 Å². The first-order chi connectivity index (χ1) is 8.66. The standard InChI is InChI=1S/C12H10ClN3O2/c13-8-3-1-2-4-9(8)16-11(7-5-6-7)14-10(15-16)12(17)18/h1-4,7H,5-6H2,(H,17,18). The van der Waals surface area contributed by atoms with Gasteiger partial charge in [-0.2, -0.15) is 0 Å². The summed E-state index contributed by atoms with van der Waals surface area (Å²) in [6, 6.07) is 7.20. The van der Waals surface area contributed by atoms with Gasteiger partial charge in [-0.3, -0.25) is 0 Å². The lowest BCUT2D eigenvalue weighted by atomic mass is 10.3. The highest BCUT2D eigenvalue weighted by molar-refractivity contribution is 6.32. The van der Waals surface area contributed by atoms with Gasteiger partial charge in [0, 0.05) is 5.92 Å². The van der Waals surface area contributed by atoms with Gasteiger partial charge in [0.1, 0.15) is 5.82 Å². The Bertz CT molecular complexity index is 620. The van der Waals surface area contributed by atoms with Crippen LogP contribution in [0, 0.1) is 0 Å². The van der Waals surface area contributed by atoms with E-state index in [2.05, 4.69) is 10.1 Å². The highest BCUT2D eigenvalue weighted by Gasteiger charge is 2.31. The van der Waals surface area contributed by atoms with Gasteiger partial charge in [-0.25, -0.2) is 14.5 Å². The van der Waals surface area contributed by atoms with Crippen LogP contribution in [0.5, 0.6) is 0 Å². The third kappa shape index (κ3) is 1.86. The van der Waals surface area contributed by atoms with Gasteiger partial charge in [0.05, 0.1) is 10.7 Å². The first-order valence-electron chi connectivity index (χ1n) is 5.62. The molecule has 5 nitrogen and oxygen atoms in total. The van der Waals surface area contributed by atoms with E-state index in [1.54, 1.807) is 16.8 Å². The molecule has 0 aliphatic heterocycles. The number of nitrogens with zero attached hydrogens (tertiary/aromatic N) is 3. The average molecular weight is 264 g/mol. The second-order valence-corrected chi connectivity index (χ2v) is 4.64. The maximum absolute atomic E-state index is 11.0. The molecule has 6 heteroatoms. The molecule has 0 bridgehead atoms. The minimum atomic E-state index is -1.12. The number of rotatable bonds is 3. The highest BCUT2D eigenvalue weighted by Crippen LogP contribution is 2.40. The maximum Gasteiger partial charge on any atom is 0.375 e. The van der Waals surface area contributed by atoms with E-state index in [9.17, 15) is 4.79 Å². The fourth-order valence-corrected chi connectivity index (χ4v) is 2.04. The van der Waals surface area contributed by atoms with Crippen molar-refractivity contribution in [2.75, 3.05) is 0 Å². The zero-order valence-electron chi connectivity index (χ0n) is 9.38. The molecular weight excluding hydrogens is 254 g/mol. The third-order valence-electron chi connectivity index (χ3n) is 2.85. The number of carbonyl (C=O) groups is 1. The molecule has 0 spiro atoms. The molecule has 1 aromatic carbocycles. The average Bonchev–Trinajstić information content (AvgIpc) is 3.09. The summed E-state index contributed by atoms with van der Waals surface area (Å²) in [5.74, 6) is -0.332. The Balaban J connectivity index is 2.15. The van der Waals surface area contributed by atoms with E-state index in [-0.39, 0.29) is 5.82 Å². The van der Waals surface area contributed by atoms with E-state index < -0.39 is 5.97 Å². The van der Waals surface area contributed by atoms with Gasteiger partial charge >= 0.3 is 5.97 Å². The van der Waals surface area contributed by atoms with Crippen molar-refractivity contribution in [2.45, 2.75) is 18.8 Å². The highest BCUT2D eigenvalue weighted by atomic mass is 35.5. The number of aromatic nitrogens is 3. The summed E-state index contributed by atoms with van der Waals surface area (Å²) in [6.07, 6.45) is 2.03. The Morgan fingerprint density at radius 1 is 1.39 bits per heavy atom. The van der Waals surface area contributed by atoms with E-state index in [4.69, 9.17) is 16.7 Å². The number of halogens is 1. The van der Waals surface area contributed by atoms with Crippen molar-refractivity contribution in [1.82, 2.24) is 14.8 Å². The second kappa shape index (κ2) is 4.10. The molecule has 3 rings (SSSR count). The number of carboxylic acid groups (broad SMARTS) is 1. The lowest BCUT2D eigenvalue weighted by Gasteiger charge is -2.06. The van der Waals surface area contributed by atoms with Crippen molar-refractivity contribution < 1.29 is 9.90 Å². The van der Waals surface area contributed by atoms with Crippen LogP contribution in [0.1, 0.15) is 35.2 Å². The molecule has 18 heavy (non-hydrogen) atoms. The molecule has 0 radical (unpaired) electrons. The normalized spacial score (nSPS) is 14.7. The number of hydrogen-bond acceptors (Lipinski definition) is 3. The van der Waals surface area contributed by atoms with E-state index in [1.165, 1.54) is 0 Å². The first-order valence-corrected chi connectivity index (χ1v) is 6.00. The summed E-state index contributed by atoms with van der Waals surface area (Å²) < 4.78 is 1.55. The zero-order valence-corrected chi connectivity index (χ0v) is 10.1. The van der Waals surface area contributed by atoms with Crippen molar-refractivity contribution in [3.63, 3.8) is 0 Å². The number of carboxylic acids is 1. The Hall–Kier alpha value is -1.88. The van der Waals surface area contributed by atoms with Gasteiger partial charge in [0.15, 0.2) is 0 Å². The Kier molecular flexibility index (Phi) is 2.56. The van der Waals surface area contributed by atoms with Crippen molar-refractivity contribution in [3.05, 3.63) is 40.9 Å². The molecule has 0 unspecified atom stereocenters. The predicted molar refractivity (Wildman–Crippen MR) is 65.3 cm³/mol. The molecule has 2 aromatic rings. The second-order valence-electron chi connectivity index (χ2n) is 4.24. The Morgan fingerprint density at radius 2 is 2.11 bits per heavy atom. The van der Waals surface area contributed by atoms with Crippen molar-refractivity contribution >= 4 is 17.6 Å². The number of benzene rings is 1. The van der Waals surface area contributed by atoms with E-state index in [0.717, 1.165) is 12.8 Å². The van der Waals surface area contributed by atoms with Crippen LogP contribution in [-0.2, 0) is 0 Å². The maximum atomic E-state index is 11.0. The van der Waals surface area contributed by atoms with Gasteiger partial charge in [-0.05, 0) is 25.0 Å². The van der Waals surface area contributed by atoms with Crippen molar-refractivity contribution in [3.8, 4) is 5.69 Å². The zero-order chi connectivity index (χ0) is 12.7. The summed E-state index contributed by atoms with van der Waals surface area (Å²) in [7, 11) is 0. The van der Waals surface area contributed by atoms with E-state index in [1.807, 2.05) is 12.1 Å². The van der Waals surface area contributed by atoms with E-state index >= 15 is 0 Å². The molecule has 1 N–H and O–H groups in total. The van der Waals surface area contributed by atoms with Gasteiger partial charge in [-0.15, -0.1) is 5.10 Å². The summed E-state index contributed by atoms with van der Waals surface area (Å²) in [6.45, 7) is 0. The Morgan fingerprint density at radius 3 is 2.72 bits per heavy atom. The summed E-state index contributed by atoms with van der Waals surface area (Å²) in [4.78, 5) is 15.0. The van der Waals surface area contributed by atoms with Crippen LogP contribution in [-0.4, -0.2) is 25.8 Å². The molecule has 0 atom stereocenters. The van der Waals surface area contributed by atoms with Crippen LogP contribution in [0.15, 0.2) is 24.3 Å².